The van der Waals surface area contributed by atoms with E-state index in [-0.39, 0.29) is 23.2 Å². The van der Waals surface area contributed by atoms with Gasteiger partial charge in [-0.1, -0.05) is 27.7 Å². The van der Waals surface area contributed by atoms with Gasteiger partial charge in [0.2, 0.25) is 5.82 Å². The number of carbonyl (C=O) groups excluding carboxylic acids is 1. The van der Waals surface area contributed by atoms with E-state index < -0.39 is 0 Å². The molecule has 0 bridgehead atoms. The normalized spacial score (nSPS) is 24.6. The molecule has 2 N–H and O–H groups in total. The Morgan fingerprint density at radius 2 is 2.15 bits per heavy atom. The van der Waals surface area contributed by atoms with Crippen LogP contribution in [0.1, 0.15) is 50.6 Å². The van der Waals surface area contributed by atoms with Gasteiger partial charge in [0, 0.05) is 18.0 Å². The number of hydrogen-bond donors (Lipinski definition) is 2. The molecule has 0 saturated carbocycles. The molecular weight excluding hydrogens is 254 g/mol. The van der Waals surface area contributed by atoms with Gasteiger partial charge in [-0.15, -0.1) is 5.10 Å². The summed E-state index contributed by atoms with van der Waals surface area (Å²) >= 11 is 0. The Bertz CT molecular complexity index is 476. The lowest BCUT2D eigenvalue weighted by Gasteiger charge is -2.34. The Labute approximate surface area is 120 Å². The van der Waals surface area contributed by atoms with Gasteiger partial charge in [0.05, 0.1) is 0 Å². The lowest BCUT2D eigenvalue weighted by molar-refractivity contribution is 0.0873. The Balaban J connectivity index is 2.00. The van der Waals surface area contributed by atoms with Crippen LogP contribution in [0.2, 0.25) is 0 Å². The Kier molecular flexibility index (Phi) is 4.13. The maximum Gasteiger partial charge on any atom is 0.291 e. The van der Waals surface area contributed by atoms with Crippen LogP contribution >= 0.6 is 0 Å². The highest BCUT2D eigenvalue weighted by molar-refractivity contribution is 5.90. The van der Waals surface area contributed by atoms with Crippen molar-refractivity contribution in [2.24, 2.45) is 5.92 Å². The maximum atomic E-state index is 12.2. The molecule has 2 atom stereocenters. The number of nitrogens with one attached hydrogen (secondary N) is 2. The standard InChI is InChI=1S/C14H25N5O/c1-9-8-19(5)7-6-10(9)15-12(20)11-16-13(18-17-11)14(2,3)4/h9-10H,6-8H2,1-5H3,(H,15,20)(H,16,17,18). The van der Waals surface area contributed by atoms with Crippen LogP contribution in [0.3, 0.4) is 0 Å². The fourth-order valence-electron chi connectivity index (χ4n) is 2.50. The van der Waals surface area contributed by atoms with E-state index in [0.29, 0.717) is 5.92 Å². The molecule has 1 aromatic heterocycles. The van der Waals surface area contributed by atoms with Crippen LogP contribution in [-0.4, -0.2) is 52.2 Å². The molecule has 0 aliphatic carbocycles. The molecule has 0 radical (unpaired) electrons. The number of likely N-dealkylation sites (tertiary alicyclic amines) is 1. The Morgan fingerprint density at radius 1 is 1.45 bits per heavy atom. The second-order valence-electron chi connectivity index (χ2n) is 6.87. The molecule has 1 aliphatic heterocycles. The van der Waals surface area contributed by atoms with Crippen molar-refractivity contribution < 1.29 is 4.79 Å². The van der Waals surface area contributed by atoms with Crippen LogP contribution in [-0.2, 0) is 5.41 Å². The molecule has 2 unspecified atom stereocenters. The summed E-state index contributed by atoms with van der Waals surface area (Å²) in [6.45, 7) is 10.3. The number of carbonyl (C=O) groups is 1. The first-order valence-corrected chi connectivity index (χ1v) is 7.19. The number of hydrogen-bond acceptors (Lipinski definition) is 4. The molecular formula is C14H25N5O. The molecule has 112 valence electrons. The molecule has 1 amide bonds. The smallest absolute Gasteiger partial charge is 0.291 e. The van der Waals surface area contributed by atoms with E-state index in [1.807, 2.05) is 20.8 Å². The third-order valence-electron chi connectivity index (χ3n) is 3.82. The summed E-state index contributed by atoms with van der Waals surface area (Å²) in [7, 11) is 2.11. The van der Waals surface area contributed by atoms with E-state index in [4.69, 9.17) is 0 Å². The Morgan fingerprint density at radius 3 is 2.70 bits per heavy atom. The van der Waals surface area contributed by atoms with Gasteiger partial charge in [-0.05, 0) is 25.9 Å². The third-order valence-corrected chi connectivity index (χ3v) is 3.82. The molecule has 2 rings (SSSR count). The van der Waals surface area contributed by atoms with Gasteiger partial charge in [-0.25, -0.2) is 4.98 Å². The molecule has 1 aromatic rings. The second kappa shape index (κ2) is 5.52. The van der Waals surface area contributed by atoms with Gasteiger partial charge in [-0.3, -0.25) is 9.89 Å². The number of H-pyrrole nitrogens is 1. The number of aromatic nitrogens is 3. The first-order chi connectivity index (χ1) is 9.27. The van der Waals surface area contributed by atoms with Gasteiger partial charge in [0.1, 0.15) is 5.82 Å². The van der Waals surface area contributed by atoms with Crippen molar-refractivity contribution in [3.05, 3.63) is 11.6 Å². The molecule has 6 nitrogen and oxygen atoms in total. The van der Waals surface area contributed by atoms with Crippen molar-refractivity contribution in [3.8, 4) is 0 Å². The highest BCUT2D eigenvalue weighted by atomic mass is 16.2. The monoisotopic (exact) mass is 279 g/mol. The minimum absolute atomic E-state index is 0.133. The quantitative estimate of drug-likeness (QED) is 0.852. The summed E-state index contributed by atoms with van der Waals surface area (Å²) in [4.78, 5) is 18.8. The zero-order valence-corrected chi connectivity index (χ0v) is 13.0. The summed E-state index contributed by atoms with van der Waals surface area (Å²) in [6, 6.07) is 0.204. The third kappa shape index (κ3) is 3.36. The molecule has 1 fully saturated rings. The van der Waals surface area contributed by atoms with Crippen molar-refractivity contribution in [1.82, 2.24) is 25.4 Å². The van der Waals surface area contributed by atoms with Gasteiger partial charge in [-0.2, -0.15) is 0 Å². The van der Waals surface area contributed by atoms with Gasteiger partial charge >= 0.3 is 0 Å². The van der Waals surface area contributed by atoms with Gasteiger partial charge < -0.3 is 10.2 Å². The second-order valence-corrected chi connectivity index (χ2v) is 6.87. The molecule has 6 heteroatoms. The maximum absolute atomic E-state index is 12.2. The van der Waals surface area contributed by atoms with E-state index >= 15 is 0 Å². The first-order valence-electron chi connectivity index (χ1n) is 7.19. The molecule has 0 spiro atoms. The largest absolute Gasteiger partial charge is 0.346 e. The SMILES string of the molecule is CC1CN(C)CCC1NC(=O)c1n[nH]c(C(C)(C)C)n1. The summed E-state index contributed by atoms with van der Waals surface area (Å²) < 4.78 is 0. The minimum Gasteiger partial charge on any atom is -0.346 e. The highest BCUT2D eigenvalue weighted by Crippen LogP contribution is 2.18. The van der Waals surface area contributed by atoms with Crippen LogP contribution in [0.25, 0.3) is 0 Å². The van der Waals surface area contributed by atoms with Crippen molar-refractivity contribution in [2.75, 3.05) is 20.1 Å². The summed E-state index contributed by atoms with van der Waals surface area (Å²) in [5, 5.41) is 9.94. The van der Waals surface area contributed by atoms with Crippen molar-refractivity contribution in [2.45, 2.75) is 45.6 Å². The number of amides is 1. The summed E-state index contributed by atoms with van der Waals surface area (Å²) in [5.74, 6) is 1.23. The minimum atomic E-state index is -0.182. The lowest BCUT2D eigenvalue weighted by atomic mass is 9.94. The molecule has 0 aromatic carbocycles. The van der Waals surface area contributed by atoms with Gasteiger partial charge in [0.25, 0.3) is 5.91 Å². The predicted molar refractivity (Wildman–Crippen MR) is 77.6 cm³/mol. The average Bonchev–Trinajstić information content (AvgIpc) is 2.82. The van der Waals surface area contributed by atoms with E-state index in [0.717, 1.165) is 25.3 Å². The van der Waals surface area contributed by atoms with E-state index in [2.05, 4.69) is 39.4 Å². The van der Waals surface area contributed by atoms with Crippen LogP contribution in [0.5, 0.6) is 0 Å². The number of nitrogens with zero attached hydrogens (tertiary/aromatic N) is 3. The fourth-order valence-corrected chi connectivity index (χ4v) is 2.50. The molecule has 1 aliphatic rings. The van der Waals surface area contributed by atoms with Crippen molar-refractivity contribution in [3.63, 3.8) is 0 Å². The van der Waals surface area contributed by atoms with E-state index in [9.17, 15) is 4.79 Å². The number of aromatic amines is 1. The van der Waals surface area contributed by atoms with Crippen molar-refractivity contribution in [1.29, 1.82) is 0 Å². The zero-order valence-electron chi connectivity index (χ0n) is 13.0. The molecule has 2 heterocycles. The topological polar surface area (TPSA) is 73.9 Å². The summed E-state index contributed by atoms with van der Waals surface area (Å²) in [5.41, 5.74) is -0.133. The fraction of sp³-hybridized carbons (Fsp3) is 0.786. The van der Waals surface area contributed by atoms with Crippen molar-refractivity contribution >= 4 is 5.91 Å². The predicted octanol–water partition coefficient (Wildman–Crippen LogP) is 1.17. The van der Waals surface area contributed by atoms with E-state index in [1.165, 1.54) is 0 Å². The van der Waals surface area contributed by atoms with E-state index in [1.54, 1.807) is 0 Å². The molecule has 1 saturated heterocycles. The highest BCUT2D eigenvalue weighted by Gasteiger charge is 2.27. The number of rotatable bonds is 2. The Hall–Kier alpha value is -1.43. The number of piperidine rings is 1. The van der Waals surface area contributed by atoms with Crippen LogP contribution < -0.4 is 5.32 Å². The first kappa shape index (κ1) is 15.0. The van der Waals surface area contributed by atoms with Gasteiger partial charge in [0.15, 0.2) is 0 Å². The van der Waals surface area contributed by atoms with Crippen LogP contribution in [0.15, 0.2) is 0 Å². The lowest BCUT2D eigenvalue weighted by Crippen LogP contribution is -2.49. The van der Waals surface area contributed by atoms with Crippen LogP contribution in [0, 0.1) is 5.92 Å². The summed E-state index contributed by atoms with van der Waals surface area (Å²) in [6.07, 6.45) is 0.972. The van der Waals surface area contributed by atoms with Crippen LogP contribution in [0.4, 0.5) is 0 Å². The average molecular weight is 279 g/mol. The zero-order chi connectivity index (χ0) is 14.9. The molecule has 20 heavy (non-hydrogen) atoms.